The van der Waals surface area contributed by atoms with E-state index in [9.17, 15) is 10.1 Å². The van der Waals surface area contributed by atoms with E-state index in [2.05, 4.69) is 25.2 Å². The summed E-state index contributed by atoms with van der Waals surface area (Å²) >= 11 is 0. The van der Waals surface area contributed by atoms with Gasteiger partial charge in [-0.15, -0.1) is 0 Å². The summed E-state index contributed by atoms with van der Waals surface area (Å²) in [6, 6.07) is 2.46. The van der Waals surface area contributed by atoms with Crippen LogP contribution in [-0.2, 0) is 9.53 Å². The van der Waals surface area contributed by atoms with Gasteiger partial charge in [0.15, 0.2) is 0 Å². The van der Waals surface area contributed by atoms with E-state index in [1.165, 1.54) is 0 Å². The van der Waals surface area contributed by atoms with Gasteiger partial charge < -0.3 is 10.1 Å². The van der Waals surface area contributed by atoms with Crippen LogP contribution in [-0.4, -0.2) is 25.2 Å². The van der Waals surface area contributed by atoms with E-state index in [4.69, 9.17) is 4.74 Å². The zero-order valence-electron chi connectivity index (χ0n) is 11.3. The van der Waals surface area contributed by atoms with Crippen LogP contribution in [0.3, 0.4) is 0 Å². The number of nitrogens with one attached hydrogen (secondary N) is 1. The summed E-state index contributed by atoms with van der Waals surface area (Å²) in [5.74, 6) is -0.0870. The lowest BCUT2D eigenvalue weighted by Gasteiger charge is -2.30. The molecule has 0 bridgehead atoms. The summed E-state index contributed by atoms with van der Waals surface area (Å²) in [5, 5.41) is 12.4. The van der Waals surface area contributed by atoms with Gasteiger partial charge in [0.25, 0.3) is 0 Å². The molecule has 18 heavy (non-hydrogen) atoms. The van der Waals surface area contributed by atoms with Crippen molar-refractivity contribution in [1.82, 2.24) is 5.32 Å². The molecule has 0 aromatic rings. The van der Waals surface area contributed by atoms with Crippen LogP contribution in [0.4, 0.5) is 0 Å². The van der Waals surface area contributed by atoms with Crippen molar-refractivity contribution in [1.29, 1.82) is 5.26 Å². The van der Waals surface area contributed by atoms with Gasteiger partial charge in [0.1, 0.15) is 5.41 Å². The summed E-state index contributed by atoms with van der Waals surface area (Å²) in [4.78, 5) is 12.3. The van der Waals surface area contributed by atoms with Crippen molar-refractivity contribution in [3.8, 4) is 6.07 Å². The fourth-order valence-electron chi connectivity index (χ4n) is 2.99. The largest absolute Gasteiger partial charge is 0.381 e. The van der Waals surface area contributed by atoms with Gasteiger partial charge in [-0.05, 0) is 37.5 Å². The number of rotatable bonds is 2. The Morgan fingerprint density at radius 2 is 2.00 bits per heavy atom. The predicted molar refractivity (Wildman–Crippen MR) is 67.7 cm³/mol. The molecule has 1 amide bonds. The van der Waals surface area contributed by atoms with Gasteiger partial charge in [0, 0.05) is 19.3 Å². The number of amides is 1. The molecule has 1 aliphatic heterocycles. The van der Waals surface area contributed by atoms with Crippen molar-refractivity contribution in [2.75, 3.05) is 13.2 Å². The molecule has 2 rings (SSSR count). The second kappa shape index (κ2) is 4.89. The smallest absolute Gasteiger partial charge is 0.240 e. The summed E-state index contributed by atoms with van der Waals surface area (Å²) < 4.78 is 5.25. The first-order valence-corrected chi connectivity index (χ1v) is 6.77. The molecule has 4 heteroatoms. The standard InChI is InChI=1S/C14H22N2O2/c1-13(2)4-3-11(9-13)16-12(17)14(10-15)5-7-18-8-6-14/h11H,3-9H2,1-2H3,(H,16,17). The minimum Gasteiger partial charge on any atom is -0.381 e. The highest BCUT2D eigenvalue weighted by molar-refractivity contribution is 5.85. The van der Waals surface area contributed by atoms with Crippen molar-refractivity contribution < 1.29 is 9.53 Å². The van der Waals surface area contributed by atoms with Crippen molar-refractivity contribution in [2.24, 2.45) is 10.8 Å². The Balaban J connectivity index is 1.97. The molecular weight excluding hydrogens is 228 g/mol. The van der Waals surface area contributed by atoms with Crippen LogP contribution in [0.5, 0.6) is 0 Å². The Morgan fingerprint density at radius 3 is 2.50 bits per heavy atom. The molecule has 1 aliphatic carbocycles. The quantitative estimate of drug-likeness (QED) is 0.815. The monoisotopic (exact) mass is 250 g/mol. The van der Waals surface area contributed by atoms with E-state index in [-0.39, 0.29) is 11.9 Å². The molecule has 0 aromatic carbocycles. The van der Waals surface area contributed by atoms with Crippen LogP contribution >= 0.6 is 0 Å². The highest BCUT2D eigenvalue weighted by Gasteiger charge is 2.42. The molecule has 1 saturated carbocycles. The van der Waals surface area contributed by atoms with Crippen LogP contribution in [0.25, 0.3) is 0 Å². The van der Waals surface area contributed by atoms with Gasteiger partial charge in [-0.25, -0.2) is 0 Å². The van der Waals surface area contributed by atoms with Gasteiger partial charge in [-0.2, -0.15) is 5.26 Å². The molecule has 4 nitrogen and oxygen atoms in total. The Labute approximate surface area is 109 Å². The Morgan fingerprint density at radius 1 is 1.33 bits per heavy atom. The molecule has 1 N–H and O–H groups in total. The SMILES string of the molecule is CC1(C)CCC(NC(=O)C2(C#N)CCOCC2)C1. The molecule has 1 atom stereocenters. The molecule has 100 valence electrons. The molecular formula is C14H22N2O2. The number of ether oxygens (including phenoxy) is 1. The Kier molecular flexibility index (Phi) is 3.63. The lowest BCUT2D eigenvalue weighted by Crippen LogP contribution is -2.47. The number of nitriles is 1. The molecule has 0 aromatic heterocycles. The van der Waals surface area contributed by atoms with Gasteiger partial charge in [-0.1, -0.05) is 13.8 Å². The first-order chi connectivity index (χ1) is 8.47. The molecule has 2 aliphatic rings. The third kappa shape index (κ3) is 2.67. The van der Waals surface area contributed by atoms with Gasteiger partial charge in [-0.3, -0.25) is 4.79 Å². The first kappa shape index (κ1) is 13.4. The minimum absolute atomic E-state index is 0.0870. The lowest BCUT2D eigenvalue weighted by molar-refractivity contribution is -0.133. The van der Waals surface area contributed by atoms with Crippen LogP contribution < -0.4 is 5.32 Å². The van der Waals surface area contributed by atoms with E-state index in [1.54, 1.807) is 0 Å². The van der Waals surface area contributed by atoms with Crippen LogP contribution in [0.15, 0.2) is 0 Å². The van der Waals surface area contributed by atoms with E-state index >= 15 is 0 Å². The van der Waals surface area contributed by atoms with Crippen molar-refractivity contribution >= 4 is 5.91 Å². The molecule has 2 fully saturated rings. The highest BCUT2D eigenvalue weighted by atomic mass is 16.5. The molecule has 1 saturated heterocycles. The fourth-order valence-corrected chi connectivity index (χ4v) is 2.99. The number of nitrogens with zero attached hydrogens (tertiary/aromatic N) is 1. The molecule has 0 radical (unpaired) electrons. The second-order valence-electron chi connectivity index (χ2n) is 6.38. The summed E-state index contributed by atoms with van der Waals surface area (Å²) in [5.41, 5.74) is -0.543. The normalized spacial score (nSPS) is 29.5. The van der Waals surface area contributed by atoms with Crippen LogP contribution in [0.2, 0.25) is 0 Å². The van der Waals surface area contributed by atoms with Gasteiger partial charge in [0.2, 0.25) is 5.91 Å². The average molecular weight is 250 g/mol. The van der Waals surface area contributed by atoms with Gasteiger partial charge in [0.05, 0.1) is 6.07 Å². The highest BCUT2D eigenvalue weighted by Crippen LogP contribution is 2.38. The third-order valence-corrected chi connectivity index (χ3v) is 4.30. The summed E-state index contributed by atoms with van der Waals surface area (Å²) in [6.45, 7) is 5.48. The number of hydrogen-bond acceptors (Lipinski definition) is 3. The van der Waals surface area contributed by atoms with E-state index < -0.39 is 5.41 Å². The zero-order valence-corrected chi connectivity index (χ0v) is 11.3. The Bertz CT molecular complexity index is 364. The maximum Gasteiger partial charge on any atom is 0.240 e. The maximum atomic E-state index is 12.3. The second-order valence-corrected chi connectivity index (χ2v) is 6.38. The lowest BCUT2D eigenvalue weighted by atomic mass is 9.80. The summed E-state index contributed by atoms with van der Waals surface area (Å²) in [7, 11) is 0. The minimum atomic E-state index is -0.856. The third-order valence-electron chi connectivity index (χ3n) is 4.30. The number of carbonyl (C=O) groups excluding carboxylic acids is 1. The topological polar surface area (TPSA) is 62.1 Å². The zero-order chi connectivity index (χ0) is 13.2. The van der Waals surface area contributed by atoms with Crippen LogP contribution in [0.1, 0.15) is 46.0 Å². The number of hydrogen-bond donors (Lipinski definition) is 1. The van der Waals surface area contributed by atoms with Crippen LogP contribution in [0, 0.1) is 22.2 Å². The molecule has 1 heterocycles. The maximum absolute atomic E-state index is 12.3. The van der Waals surface area contributed by atoms with E-state index in [0.29, 0.717) is 31.5 Å². The molecule has 0 spiro atoms. The average Bonchev–Trinajstić information content (AvgIpc) is 2.69. The van der Waals surface area contributed by atoms with E-state index in [1.807, 2.05) is 0 Å². The van der Waals surface area contributed by atoms with Gasteiger partial charge >= 0.3 is 0 Å². The predicted octanol–water partition coefficient (Wildman–Crippen LogP) is 2.00. The van der Waals surface area contributed by atoms with Crippen molar-refractivity contribution in [2.45, 2.75) is 52.0 Å². The fraction of sp³-hybridized carbons (Fsp3) is 0.857. The molecule has 1 unspecified atom stereocenters. The van der Waals surface area contributed by atoms with Crippen molar-refractivity contribution in [3.63, 3.8) is 0 Å². The van der Waals surface area contributed by atoms with Crippen molar-refractivity contribution in [3.05, 3.63) is 0 Å². The van der Waals surface area contributed by atoms with E-state index in [0.717, 1.165) is 19.3 Å². The summed E-state index contributed by atoms with van der Waals surface area (Å²) in [6.07, 6.45) is 4.21. The number of carbonyl (C=O) groups is 1. The Hall–Kier alpha value is -1.08. The first-order valence-electron chi connectivity index (χ1n) is 6.77.